The van der Waals surface area contributed by atoms with Gasteiger partial charge in [0.25, 0.3) is 0 Å². The van der Waals surface area contributed by atoms with E-state index in [1.807, 2.05) is 6.07 Å². The summed E-state index contributed by atoms with van der Waals surface area (Å²) in [7, 11) is 0. The first-order valence-corrected chi connectivity index (χ1v) is 10.6. The van der Waals surface area contributed by atoms with Crippen LogP contribution in [0.3, 0.4) is 0 Å². The van der Waals surface area contributed by atoms with E-state index in [0.717, 1.165) is 37.9 Å². The van der Waals surface area contributed by atoms with E-state index in [-0.39, 0.29) is 0 Å². The zero-order valence-corrected chi connectivity index (χ0v) is 16.8. The van der Waals surface area contributed by atoms with Crippen LogP contribution in [0.5, 0.6) is 5.75 Å². The van der Waals surface area contributed by atoms with E-state index in [4.69, 9.17) is 9.84 Å². The van der Waals surface area contributed by atoms with Crippen LogP contribution in [-0.4, -0.2) is 11.7 Å². The lowest BCUT2D eigenvalue weighted by molar-refractivity contribution is 0.282. The van der Waals surface area contributed by atoms with Crippen molar-refractivity contribution in [2.75, 3.05) is 6.61 Å². The molecule has 2 heteroatoms. The van der Waals surface area contributed by atoms with Gasteiger partial charge in [-0.2, -0.15) is 0 Å². The molecule has 0 aliphatic carbocycles. The molecule has 0 unspecified atom stereocenters. The highest BCUT2D eigenvalue weighted by atomic mass is 16.5. The fourth-order valence-electron chi connectivity index (χ4n) is 4.00. The number of unbranched alkanes of at least 4 members (excludes halogenated alkanes) is 3. The van der Waals surface area contributed by atoms with Crippen molar-refractivity contribution >= 4 is 21.5 Å². The Labute approximate surface area is 172 Å². The van der Waals surface area contributed by atoms with Crippen LogP contribution in [0.2, 0.25) is 0 Å². The largest absolute Gasteiger partial charge is 0.489 e. The average molecular weight is 385 g/mol. The van der Waals surface area contributed by atoms with Gasteiger partial charge in [-0.15, -0.1) is 0 Å². The van der Waals surface area contributed by atoms with Crippen molar-refractivity contribution in [2.45, 2.75) is 38.7 Å². The molecule has 0 atom stereocenters. The summed E-state index contributed by atoms with van der Waals surface area (Å²) >= 11 is 0. The predicted molar refractivity (Wildman–Crippen MR) is 121 cm³/mol. The van der Waals surface area contributed by atoms with Crippen LogP contribution in [0.25, 0.3) is 21.5 Å². The van der Waals surface area contributed by atoms with Gasteiger partial charge in [0.05, 0.1) is 0 Å². The predicted octanol–water partition coefficient (Wildman–Crippen LogP) is 6.67. The van der Waals surface area contributed by atoms with Crippen molar-refractivity contribution < 1.29 is 9.84 Å². The second-order valence-corrected chi connectivity index (χ2v) is 7.63. The van der Waals surface area contributed by atoms with Crippen LogP contribution < -0.4 is 4.74 Å². The minimum atomic E-state index is 0.298. The minimum Gasteiger partial charge on any atom is -0.489 e. The SMILES string of the molecule is OCCCCCCc1cccc(OCc2cc3ccccc3c3ccccc23)c1. The van der Waals surface area contributed by atoms with Gasteiger partial charge in [-0.3, -0.25) is 0 Å². The first kappa shape index (κ1) is 19.5. The van der Waals surface area contributed by atoms with Gasteiger partial charge >= 0.3 is 0 Å². The summed E-state index contributed by atoms with van der Waals surface area (Å²) < 4.78 is 6.20. The van der Waals surface area contributed by atoms with E-state index < -0.39 is 0 Å². The van der Waals surface area contributed by atoms with Crippen LogP contribution in [0.15, 0.2) is 78.9 Å². The van der Waals surface area contributed by atoms with Gasteiger partial charge in [0.2, 0.25) is 0 Å². The van der Waals surface area contributed by atoms with Crippen molar-refractivity contribution in [3.05, 3.63) is 90.0 Å². The van der Waals surface area contributed by atoms with Crippen LogP contribution >= 0.6 is 0 Å². The third-order valence-electron chi connectivity index (χ3n) is 5.52. The lowest BCUT2D eigenvalue weighted by Crippen LogP contribution is -1.98. The number of aliphatic hydroxyl groups is 1. The number of hydrogen-bond acceptors (Lipinski definition) is 2. The number of aliphatic hydroxyl groups excluding tert-OH is 1. The Kier molecular flexibility index (Phi) is 6.43. The Balaban J connectivity index is 1.49. The Hall–Kier alpha value is -2.84. The van der Waals surface area contributed by atoms with Crippen molar-refractivity contribution in [3.63, 3.8) is 0 Å². The Bertz CT molecular complexity index is 1080. The highest BCUT2D eigenvalue weighted by Crippen LogP contribution is 2.29. The fraction of sp³-hybridized carbons (Fsp3) is 0.259. The normalized spacial score (nSPS) is 11.2. The van der Waals surface area contributed by atoms with E-state index >= 15 is 0 Å². The summed E-state index contributed by atoms with van der Waals surface area (Å²) in [5.74, 6) is 0.926. The molecule has 0 bridgehead atoms. The van der Waals surface area contributed by atoms with E-state index in [1.165, 1.54) is 32.7 Å². The quantitative estimate of drug-likeness (QED) is 0.258. The molecule has 29 heavy (non-hydrogen) atoms. The second kappa shape index (κ2) is 9.58. The first-order valence-electron chi connectivity index (χ1n) is 10.6. The molecule has 0 aliphatic heterocycles. The topological polar surface area (TPSA) is 29.5 Å². The summed E-state index contributed by atoms with van der Waals surface area (Å²) in [5.41, 5.74) is 2.53. The average Bonchev–Trinajstić information content (AvgIpc) is 2.78. The van der Waals surface area contributed by atoms with Crippen molar-refractivity contribution in [1.82, 2.24) is 0 Å². The highest BCUT2D eigenvalue weighted by Gasteiger charge is 2.07. The molecule has 2 nitrogen and oxygen atoms in total. The molecule has 4 aromatic rings. The zero-order chi connectivity index (χ0) is 19.9. The lowest BCUT2D eigenvalue weighted by atomic mass is 9.97. The van der Waals surface area contributed by atoms with Crippen LogP contribution in [0, 0.1) is 0 Å². The van der Waals surface area contributed by atoms with E-state index in [0.29, 0.717) is 13.2 Å². The maximum absolute atomic E-state index is 8.88. The summed E-state index contributed by atoms with van der Waals surface area (Å²) in [4.78, 5) is 0. The second-order valence-electron chi connectivity index (χ2n) is 7.63. The Morgan fingerprint density at radius 1 is 0.655 bits per heavy atom. The van der Waals surface area contributed by atoms with Crippen molar-refractivity contribution in [3.8, 4) is 5.75 Å². The molecule has 0 saturated heterocycles. The van der Waals surface area contributed by atoms with Gasteiger partial charge in [0.1, 0.15) is 12.4 Å². The molecule has 0 radical (unpaired) electrons. The highest BCUT2D eigenvalue weighted by molar-refractivity contribution is 6.08. The van der Waals surface area contributed by atoms with Gasteiger partial charge in [-0.05, 0) is 70.1 Å². The van der Waals surface area contributed by atoms with Gasteiger partial charge in [-0.1, -0.05) is 73.5 Å². The first-order chi connectivity index (χ1) is 14.3. The third kappa shape index (κ3) is 4.78. The summed E-state index contributed by atoms with van der Waals surface area (Å²) in [6.45, 7) is 0.859. The minimum absolute atomic E-state index is 0.298. The molecule has 1 N–H and O–H groups in total. The summed E-state index contributed by atoms with van der Waals surface area (Å²) in [5, 5.41) is 14.0. The molecule has 0 saturated carbocycles. The summed E-state index contributed by atoms with van der Waals surface area (Å²) in [6.07, 6.45) is 5.37. The Morgan fingerprint density at radius 2 is 1.41 bits per heavy atom. The molecule has 0 amide bonds. The van der Waals surface area contributed by atoms with Gasteiger partial charge < -0.3 is 9.84 Å². The van der Waals surface area contributed by atoms with Crippen LogP contribution in [0.1, 0.15) is 36.8 Å². The van der Waals surface area contributed by atoms with Crippen molar-refractivity contribution in [1.29, 1.82) is 0 Å². The molecule has 4 rings (SSSR count). The lowest BCUT2D eigenvalue weighted by Gasteiger charge is -2.12. The molecular formula is C27H28O2. The number of fused-ring (bicyclic) bond motifs is 3. The molecule has 4 aromatic carbocycles. The molecule has 0 spiro atoms. The molecular weight excluding hydrogens is 356 g/mol. The van der Waals surface area contributed by atoms with Gasteiger partial charge in [0.15, 0.2) is 0 Å². The molecule has 0 aromatic heterocycles. The standard InChI is InChI=1S/C27H28O2/c28-17-8-2-1-3-10-21-11-9-13-24(18-21)29-20-23-19-22-12-4-5-14-25(22)27-16-7-6-15-26(23)27/h4-7,9,11-16,18-19,28H,1-3,8,10,17,20H2. The Morgan fingerprint density at radius 3 is 2.28 bits per heavy atom. The maximum atomic E-state index is 8.88. The summed E-state index contributed by atoms with van der Waals surface area (Å²) in [6, 6.07) is 27.8. The van der Waals surface area contributed by atoms with Crippen molar-refractivity contribution in [2.24, 2.45) is 0 Å². The number of rotatable bonds is 9. The number of aryl methyl sites for hydroxylation is 1. The smallest absolute Gasteiger partial charge is 0.120 e. The maximum Gasteiger partial charge on any atom is 0.120 e. The third-order valence-corrected chi connectivity index (χ3v) is 5.52. The number of ether oxygens (including phenoxy) is 1. The molecule has 148 valence electrons. The number of benzene rings is 4. The zero-order valence-electron chi connectivity index (χ0n) is 16.8. The van der Waals surface area contributed by atoms with E-state index in [2.05, 4.69) is 72.8 Å². The molecule has 0 heterocycles. The monoisotopic (exact) mass is 384 g/mol. The fourth-order valence-corrected chi connectivity index (χ4v) is 4.00. The molecule has 0 aliphatic rings. The number of hydrogen-bond donors (Lipinski definition) is 1. The van der Waals surface area contributed by atoms with Crippen LogP contribution in [-0.2, 0) is 13.0 Å². The van der Waals surface area contributed by atoms with Gasteiger partial charge in [-0.25, -0.2) is 0 Å². The van der Waals surface area contributed by atoms with E-state index in [1.54, 1.807) is 0 Å². The molecule has 0 fully saturated rings. The van der Waals surface area contributed by atoms with Crippen LogP contribution in [0.4, 0.5) is 0 Å². The van der Waals surface area contributed by atoms with E-state index in [9.17, 15) is 0 Å². The van der Waals surface area contributed by atoms with Gasteiger partial charge in [0, 0.05) is 6.61 Å².